The normalized spacial score (nSPS) is 48.5. The Balaban J connectivity index is 1.72. The first kappa shape index (κ1) is 19.1. The zero-order chi connectivity index (χ0) is 19.6. The van der Waals surface area contributed by atoms with Gasteiger partial charge < -0.3 is 10.5 Å². The number of fused-ring (bicyclic) bond motifs is 5. The average Bonchev–Trinajstić information content (AvgIpc) is 2.87. The van der Waals surface area contributed by atoms with Gasteiger partial charge in [-0.1, -0.05) is 51.2 Å². The Labute approximate surface area is 164 Å². The predicted molar refractivity (Wildman–Crippen MR) is 109 cm³/mol. The molecule has 3 heteroatoms. The molecule has 27 heavy (non-hydrogen) atoms. The molecule has 0 heterocycles. The standard InChI is InChI=1S/C24H35NO2/c1-15-6-9-22(3)17(12-15)7-11-24(25)19(22)8-10-23(4)20(24)13-16(2)21(23)18(26)14-27-5/h6,9,12,16,19-21H,1,7-8,10-11,13-14,25H2,2-5H3. The number of nitrogens with two attached hydrogens (primary N) is 1. The van der Waals surface area contributed by atoms with Crippen molar-refractivity contribution in [2.24, 2.45) is 40.2 Å². The summed E-state index contributed by atoms with van der Waals surface area (Å²) in [5, 5.41) is 0. The highest BCUT2D eigenvalue weighted by molar-refractivity contribution is 5.83. The van der Waals surface area contributed by atoms with Crippen molar-refractivity contribution >= 4 is 5.78 Å². The van der Waals surface area contributed by atoms with Gasteiger partial charge >= 0.3 is 0 Å². The highest BCUT2D eigenvalue weighted by atomic mass is 16.5. The van der Waals surface area contributed by atoms with Gasteiger partial charge in [-0.25, -0.2) is 0 Å². The summed E-state index contributed by atoms with van der Waals surface area (Å²) in [7, 11) is 1.62. The molecule has 2 N–H and O–H groups in total. The SMILES string of the molecule is C=C1C=CC2(C)C(=C1)CCC1(N)C2CCC2(C)C(C(=O)COC)C(C)CC21. The molecule has 4 rings (SSSR count). The van der Waals surface area contributed by atoms with Crippen LogP contribution in [0.1, 0.15) is 52.9 Å². The molecular weight excluding hydrogens is 334 g/mol. The molecule has 0 aromatic carbocycles. The summed E-state index contributed by atoms with van der Waals surface area (Å²) in [4.78, 5) is 12.9. The Bertz CT molecular complexity index is 737. The molecule has 3 nitrogen and oxygen atoms in total. The number of ether oxygens (including phenoxy) is 1. The molecule has 148 valence electrons. The molecule has 7 unspecified atom stereocenters. The van der Waals surface area contributed by atoms with Crippen LogP contribution in [0.4, 0.5) is 0 Å². The maximum atomic E-state index is 12.9. The Kier molecular flexibility index (Phi) is 4.36. The fourth-order valence-corrected chi connectivity index (χ4v) is 7.74. The molecule has 3 fully saturated rings. The summed E-state index contributed by atoms with van der Waals surface area (Å²) < 4.78 is 5.21. The van der Waals surface area contributed by atoms with Crippen LogP contribution >= 0.6 is 0 Å². The lowest BCUT2D eigenvalue weighted by molar-refractivity contribution is -0.135. The first-order chi connectivity index (χ1) is 12.7. The van der Waals surface area contributed by atoms with Crippen LogP contribution in [0.5, 0.6) is 0 Å². The molecular formula is C24H35NO2. The van der Waals surface area contributed by atoms with Gasteiger partial charge in [0.15, 0.2) is 5.78 Å². The molecule has 0 radical (unpaired) electrons. The van der Waals surface area contributed by atoms with Crippen molar-refractivity contribution in [3.05, 3.63) is 36.0 Å². The van der Waals surface area contributed by atoms with E-state index in [2.05, 4.69) is 45.6 Å². The minimum Gasteiger partial charge on any atom is -0.377 e. The third-order valence-electron chi connectivity index (χ3n) is 8.83. The van der Waals surface area contributed by atoms with Gasteiger partial charge in [-0.05, 0) is 60.8 Å². The van der Waals surface area contributed by atoms with E-state index in [4.69, 9.17) is 10.5 Å². The molecule has 4 aliphatic rings. The Morgan fingerprint density at radius 1 is 1.33 bits per heavy atom. The van der Waals surface area contributed by atoms with E-state index in [-0.39, 0.29) is 34.7 Å². The fraction of sp³-hybridized carbons (Fsp3) is 0.708. The maximum Gasteiger partial charge on any atom is 0.162 e. The number of allylic oxidation sites excluding steroid dienone is 5. The van der Waals surface area contributed by atoms with E-state index in [1.807, 2.05) is 0 Å². The van der Waals surface area contributed by atoms with E-state index < -0.39 is 0 Å². The second-order valence-electron chi connectivity index (χ2n) is 10.2. The van der Waals surface area contributed by atoms with E-state index in [0.717, 1.165) is 37.7 Å². The van der Waals surface area contributed by atoms with Crippen LogP contribution in [0.3, 0.4) is 0 Å². The molecule has 3 saturated carbocycles. The number of carbonyl (C=O) groups is 1. The lowest BCUT2D eigenvalue weighted by atomic mass is 9.44. The van der Waals surface area contributed by atoms with Crippen molar-refractivity contribution in [3.8, 4) is 0 Å². The minimum atomic E-state index is -0.196. The number of Topliss-reactive ketones (excluding diaryl/α,β-unsaturated/α-hetero) is 1. The van der Waals surface area contributed by atoms with Crippen LogP contribution in [-0.4, -0.2) is 25.0 Å². The molecule has 0 amide bonds. The molecule has 0 bridgehead atoms. The highest BCUT2D eigenvalue weighted by Gasteiger charge is 2.66. The number of methoxy groups -OCH3 is 1. The Morgan fingerprint density at radius 3 is 2.78 bits per heavy atom. The second kappa shape index (κ2) is 6.15. The van der Waals surface area contributed by atoms with E-state index in [1.165, 1.54) is 5.57 Å². The molecule has 0 aromatic heterocycles. The largest absolute Gasteiger partial charge is 0.377 e. The average molecular weight is 370 g/mol. The molecule has 0 spiro atoms. The summed E-state index contributed by atoms with van der Waals surface area (Å²) in [5.74, 6) is 1.58. The fourth-order valence-electron chi connectivity index (χ4n) is 7.74. The van der Waals surface area contributed by atoms with Crippen LogP contribution in [0, 0.1) is 34.5 Å². The van der Waals surface area contributed by atoms with Gasteiger partial charge in [-0.15, -0.1) is 0 Å². The number of ketones is 1. The van der Waals surface area contributed by atoms with Crippen LogP contribution in [0.15, 0.2) is 36.0 Å². The Morgan fingerprint density at radius 2 is 2.07 bits per heavy atom. The monoisotopic (exact) mass is 369 g/mol. The van der Waals surface area contributed by atoms with Crippen molar-refractivity contribution in [1.29, 1.82) is 0 Å². The Hall–Kier alpha value is -1.19. The van der Waals surface area contributed by atoms with E-state index in [0.29, 0.717) is 17.8 Å². The van der Waals surface area contributed by atoms with E-state index in [1.54, 1.807) is 7.11 Å². The number of carbonyl (C=O) groups excluding carboxylic acids is 1. The van der Waals surface area contributed by atoms with Crippen LogP contribution in [-0.2, 0) is 9.53 Å². The number of rotatable bonds is 3. The van der Waals surface area contributed by atoms with Crippen LogP contribution in [0.2, 0.25) is 0 Å². The predicted octanol–water partition coefficient (Wildman–Crippen LogP) is 4.44. The first-order valence-electron chi connectivity index (χ1n) is 10.6. The lowest BCUT2D eigenvalue weighted by Crippen LogP contribution is -2.66. The van der Waals surface area contributed by atoms with Crippen LogP contribution < -0.4 is 5.73 Å². The summed E-state index contributed by atoms with van der Waals surface area (Å²) in [5.41, 5.74) is 9.78. The van der Waals surface area contributed by atoms with Gasteiger partial charge in [0.2, 0.25) is 0 Å². The first-order valence-corrected chi connectivity index (χ1v) is 10.6. The topological polar surface area (TPSA) is 52.3 Å². The van der Waals surface area contributed by atoms with Gasteiger partial charge in [0, 0.05) is 24.0 Å². The number of hydrogen-bond donors (Lipinski definition) is 1. The van der Waals surface area contributed by atoms with Crippen molar-refractivity contribution in [2.45, 2.75) is 58.4 Å². The zero-order valence-electron chi connectivity index (χ0n) is 17.4. The van der Waals surface area contributed by atoms with E-state index >= 15 is 0 Å². The summed E-state index contributed by atoms with van der Waals surface area (Å²) in [6.45, 7) is 11.3. The molecule has 0 aromatic rings. The zero-order valence-corrected chi connectivity index (χ0v) is 17.4. The second-order valence-corrected chi connectivity index (χ2v) is 10.2. The van der Waals surface area contributed by atoms with Crippen molar-refractivity contribution < 1.29 is 9.53 Å². The smallest absolute Gasteiger partial charge is 0.162 e. The van der Waals surface area contributed by atoms with Gasteiger partial charge in [-0.2, -0.15) is 0 Å². The van der Waals surface area contributed by atoms with Crippen molar-refractivity contribution in [3.63, 3.8) is 0 Å². The van der Waals surface area contributed by atoms with Crippen molar-refractivity contribution in [1.82, 2.24) is 0 Å². The number of hydrogen-bond acceptors (Lipinski definition) is 3. The molecule has 7 atom stereocenters. The summed E-state index contributed by atoms with van der Waals surface area (Å²) in [6.07, 6.45) is 12.1. The van der Waals surface area contributed by atoms with Gasteiger partial charge in [0.05, 0.1) is 0 Å². The summed E-state index contributed by atoms with van der Waals surface area (Å²) >= 11 is 0. The van der Waals surface area contributed by atoms with Gasteiger partial charge in [-0.3, -0.25) is 4.79 Å². The van der Waals surface area contributed by atoms with Crippen LogP contribution in [0.25, 0.3) is 0 Å². The molecule has 4 aliphatic carbocycles. The quantitative estimate of drug-likeness (QED) is 0.800. The summed E-state index contributed by atoms with van der Waals surface area (Å²) in [6, 6.07) is 0. The third kappa shape index (κ3) is 2.50. The molecule has 0 saturated heterocycles. The minimum absolute atomic E-state index is 0.000163. The highest BCUT2D eigenvalue weighted by Crippen LogP contribution is 2.68. The third-order valence-corrected chi connectivity index (χ3v) is 8.83. The maximum absolute atomic E-state index is 12.9. The van der Waals surface area contributed by atoms with Gasteiger partial charge in [0.1, 0.15) is 6.61 Å². The molecule has 0 aliphatic heterocycles. The van der Waals surface area contributed by atoms with Crippen molar-refractivity contribution in [2.75, 3.05) is 13.7 Å². The lowest BCUT2D eigenvalue weighted by Gasteiger charge is -2.62. The van der Waals surface area contributed by atoms with E-state index in [9.17, 15) is 4.79 Å². The van der Waals surface area contributed by atoms with Gasteiger partial charge in [0.25, 0.3) is 0 Å².